The number of aromatic nitrogens is 2. The van der Waals surface area contributed by atoms with Gasteiger partial charge in [-0.1, -0.05) is 12.1 Å². The Balaban J connectivity index is 2.25. The highest BCUT2D eigenvalue weighted by molar-refractivity contribution is 6.05. The van der Waals surface area contributed by atoms with Crippen LogP contribution in [0.1, 0.15) is 23.0 Å². The Morgan fingerprint density at radius 3 is 2.67 bits per heavy atom. The van der Waals surface area contributed by atoms with E-state index in [0.717, 1.165) is 6.54 Å². The summed E-state index contributed by atoms with van der Waals surface area (Å²) >= 11 is 0. The summed E-state index contributed by atoms with van der Waals surface area (Å²) in [6.45, 7) is 2.69. The lowest BCUT2D eigenvalue weighted by atomic mass is 10.1. The van der Waals surface area contributed by atoms with Gasteiger partial charge < -0.3 is 10.2 Å². The zero-order valence-electron chi connectivity index (χ0n) is 11.9. The van der Waals surface area contributed by atoms with Crippen LogP contribution in [0.25, 0.3) is 0 Å². The Labute approximate surface area is 123 Å². The maximum absolute atomic E-state index is 12.4. The molecule has 0 saturated heterocycles. The molecule has 6 heteroatoms. The summed E-state index contributed by atoms with van der Waals surface area (Å²) in [5.74, 6) is 0.308. The van der Waals surface area contributed by atoms with Gasteiger partial charge in [-0.2, -0.15) is 5.26 Å². The van der Waals surface area contributed by atoms with Crippen LogP contribution in [0.2, 0.25) is 0 Å². The predicted octanol–water partition coefficient (Wildman–Crippen LogP) is 2.06. The quantitative estimate of drug-likeness (QED) is 0.927. The molecule has 1 aromatic heterocycles. The molecule has 0 unspecified atom stereocenters. The molecule has 0 fully saturated rings. The van der Waals surface area contributed by atoms with Crippen LogP contribution in [0.5, 0.6) is 0 Å². The summed E-state index contributed by atoms with van der Waals surface area (Å²) in [7, 11) is 1.61. The third-order valence-electron chi connectivity index (χ3n) is 2.93. The molecular formula is C15H15N5O. The Hall–Kier alpha value is -2.94. The van der Waals surface area contributed by atoms with Crippen molar-refractivity contribution in [1.82, 2.24) is 10.2 Å². The topological polar surface area (TPSA) is 81.9 Å². The number of amides is 1. The molecule has 6 nitrogen and oxygen atoms in total. The fraction of sp³-hybridized carbons (Fsp3) is 0.200. The van der Waals surface area contributed by atoms with Gasteiger partial charge in [-0.15, -0.1) is 10.2 Å². The summed E-state index contributed by atoms with van der Waals surface area (Å²) in [5.41, 5.74) is 1.21. The highest BCUT2D eigenvalue weighted by Crippen LogP contribution is 2.19. The first kappa shape index (κ1) is 14.5. The zero-order valence-corrected chi connectivity index (χ0v) is 11.9. The van der Waals surface area contributed by atoms with E-state index in [-0.39, 0.29) is 11.6 Å². The molecule has 0 radical (unpaired) electrons. The van der Waals surface area contributed by atoms with E-state index in [1.807, 2.05) is 6.92 Å². The molecule has 1 aromatic carbocycles. The molecule has 0 bridgehead atoms. The third kappa shape index (κ3) is 3.15. The summed E-state index contributed by atoms with van der Waals surface area (Å²) in [5, 5.41) is 19.9. The lowest BCUT2D eigenvalue weighted by molar-refractivity contribution is 0.0987. The minimum atomic E-state index is -0.312. The van der Waals surface area contributed by atoms with Crippen molar-refractivity contribution in [3.05, 3.63) is 47.7 Å². The normalized spacial score (nSPS) is 9.76. The number of nitrogens with zero attached hydrogens (tertiary/aromatic N) is 4. The smallest absolute Gasteiger partial charge is 0.278 e. The number of rotatable bonds is 4. The monoisotopic (exact) mass is 281 g/mol. The van der Waals surface area contributed by atoms with Crippen LogP contribution in [0.4, 0.5) is 11.5 Å². The second kappa shape index (κ2) is 6.48. The van der Waals surface area contributed by atoms with E-state index in [1.165, 1.54) is 4.90 Å². The lowest BCUT2D eigenvalue weighted by Crippen LogP contribution is -2.28. The first-order valence-electron chi connectivity index (χ1n) is 6.52. The molecule has 1 N–H and O–H groups in total. The van der Waals surface area contributed by atoms with Gasteiger partial charge in [0.05, 0.1) is 11.3 Å². The molecule has 0 aliphatic heterocycles. The number of nitriles is 1. The van der Waals surface area contributed by atoms with E-state index in [0.29, 0.717) is 17.1 Å². The standard InChI is InChI=1S/C15H15N5O/c1-3-17-14-9-8-12(18-19-14)15(21)20(2)13-7-5-4-6-11(13)10-16/h4-9H,3H2,1-2H3,(H,17,19). The fourth-order valence-electron chi connectivity index (χ4n) is 1.86. The number of para-hydroxylation sites is 1. The highest BCUT2D eigenvalue weighted by atomic mass is 16.2. The van der Waals surface area contributed by atoms with Gasteiger partial charge in [0, 0.05) is 13.6 Å². The van der Waals surface area contributed by atoms with Gasteiger partial charge >= 0.3 is 0 Å². The lowest BCUT2D eigenvalue weighted by Gasteiger charge is -2.17. The van der Waals surface area contributed by atoms with Crippen molar-refractivity contribution in [3.8, 4) is 6.07 Å². The van der Waals surface area contributed by atoms with E-state index in [9.17, 15) is 4.79 Å². The van der Waals surface area contributed by atoms with Crippen molar-refractivity contribution in [2.24, 2.45) is 0 Å². The van der Waals surface area contributed by atoms with E-state index in [2.05, 4.69) is 21.6 Å². The molecule has 106 valence electrons. The van der Waals surface area contributed by atoms with Gasteiger partial charge in [-0.25, -0.2) is 0 Å². The molecule has 0 atom stereocenters. The second-order valence-electron chi connectivity index (χ2n) is 4.33. The van der Waals surface area contributed by atoms with E-state index in [4.69, 9.17) is 5.26 Å². The minimum Gasteiger partial charge on any atom is -0.369 e. The summed E-state index contributed by atoms with van der Waals surface area (Å²) in [4.78, 5) is 13.8. The highest BCUT2D eigenvalue weighted by Gasteiger charge is 2.17. The Morgan fingerprint density at radius 1 is 1.29 bits per heavy atom. The van der Waals surface area contributed by atoms with E-state index < -0.39 is 0 Å². The summed E-state index contributed by atoms with van der Waals surface area (Å²) in [6.07, 6.45) is 0. The van der Waals surface area contributed by atoms with Crippen LogP contribution in [0, 0.1) is 11.3 Å². The number of nitrogens with one attached hydrogen (secondary N) is 1. The average Bonchev–Trinajstić information content (AvgIpc) is 2.54. The van der Waals surface area contributed by atoms with Gasteiger partial charge in [0.25, 0.3) is 5.91 Å². The predicted molar refractivity (Wildman–Crippen MR) is 80.1 cm³/mol. The fourth-order valence-corrected chi connectivity index (χ4v) is 1.86. The number of carbonyl (C=O) groups is 1. The van der Waals surface area contributed by atoms with Gasteiger partial charge in [0.15, 0.2) is 5.69 Å². The first-order valence-corrected chi connectivity index (χ1v) is 6.52. The summed E-state index contributed by atoms with van der Waals surface area (Å²) in [6, 6.07) is 12.3. The van der Waals surface area contributed by atoms with Gasteiger partial charge in [-0.05, 0) is 31.2 Å². The Morgan fingerprint density at radius 2 is 2.05 bits per heavy atom. The second-order valence-corrected chi connectivity index (χ2v) is 4.33. The first-order chi connectivity index (χ1) is 10.2. The average molecular weight is 281 g/mol. The van der Waals surface area contributed by atoms with Crippen molar-refractivity contribution in [3.63, 3.8) is 0 Å². The molecule has 1 heterocycles. The Bertz CT molecular complexity index is 675. The molecule has 2 aromatic rings. The number of anilines is 2. The van der Waals surface area contributed by atoms with Gasteiger partial charge in [0.1, 0.15) is 11.9 Å². The van der Waals surface area contributed by atoms with Crippen LogP contribution >= 0.6 is 0 Å². The van der Waals surface area contributed by atoms with Crippen LogP contribution in [0.3, 0.4) is 0 Å². The third-order valence-corrected chi connectivity index (χ3v) is 2.93. The molecule has 0 spiro atoms. The van der Waals surface area contributed by atoms with Gasteiger partial charge in [0.2, 0.25) is 0 Å². The van der Waals surface area contributed by atoms with Crippen molar-refractivity contribution < 1.29 is 4.79 Å². The number of carbonyl (C=O) groups excluding carboxylic acids is 1. The molecule has 1 amide bonds. The largest absolute Gasteiger partial charge is 0.369 e. The molecular weight excluding hydrogens is 266 g/mol. The number of benzene rings is 1. The maximum Gasteiger partial charge on any atom is 0.278 e. The van der Waals surface area contributed by atoms with Crippen LogP contribution in [-0.4, -0.2) is 29.7 Å². The number of hydrogen-bond acceptors (Lipinski definition) is 5. The molecule has 21 heavy (non-hydrogen) atoms. The van der Waals surface area contributed by atoms with Crippen LogP contribution < -0.4 is 10.2 Å². The van der Waals surface area contributed by atoms with E-state index >= 15 is 0 Å². The van der Waals surface area contributed by atoms with Gasteiger partial charge in [-0.3, -0.25) is 4.79 Å². The number of hydrogen-bond donors (Lipinski definition) is 1. The van der Waals surface area contributed by atoms with Crippen LogP contribution in [-0.2, 0) is 0 Å². The van der Waals surface area contributed by atoms with Crippen molar-refractivity contribution in [2.45, 2.75) is 6.92 Å². The zero-order chi connectivity index (χ0) is 15.2. The summed E-state index contributed by atoms with van der Waals surface area (Å²) < 4.78 is 0. The minimum absolute atomic E-state index is 0.229. The van der Waals surface area contributed by atoms with Crippen molar-refractivity contribution in [1.29, 1.82) is 5.26 Å². The van der Waals surface area contributed by atoms with Crippen molar-refractivity contribution >= 4 is 17.4 Å². The maximum atomic E-state index is 12.4. The van der Waals surface area contributed by atoms with Crippen molar-refractivity contribution in [2.75, 3.05) is 23.8 Å². The molecule has 0 aliphatic carbocycles. The molecule has 0 aliphatic rings. The molecule has 2 rings (SSSR count). The Kier molecular flexibility index (Phi) is 4.46. The van der Waals surface area contributed by atoms with Crippen LogP contribution in [0.15, 0.2) is 36.4 Å². The van der Waals surface area contributed by atoms with E-state index in [1.54, 1.807) is 43.4 Å². The molecule has 0 saturated carbocycles. The SMILES string of the molecule is CCNc1ccc(C(=O)N(C)c2ccccc2C#N)nn1.